The number of rotatable bonds is 3. The van der Waals surface area contributed by atoms with Gasteiger partial charge >= 0.3 is 0 Å². The largest absolute Gasteiger partial charge is 0.505 e. The molecule has 1 aliphatic rings. The summed E-state index contributed by atoms with van der Waals surface area (Å²) in [5.74, 6) is -1.11. The Morgan fingerprint density at radius 2 is 1.79 bits per heavy atom. The Kier molecular flexibility index (Phi) is 4.43. The molecule has 1 fully saturated rings. The van der Waals surface area contributed by atoms with Crippen molar-refractivity contribution in [3.8, 4) is 5.75 Å². The molecule has 106 valence electrons. The number of phenols is 1. The summed E-state index contributed by atoms with van der Waals surface area (Å²) < 4.78 is 27.2. The van der Waals surface area contributed by atoms with Gasteiger partial charge in [0.2, 0.25) is 5.82 Å². The molecular weight excluding hydrogens is 246 g/mol. The summed E-state index contributed by atoms with van der Waals surface area (Å²) >= 11 is 0. The minimum Gasteiger partial charge on any atom is -0.505 e. The molecule has 0 unspecified atom stereocenters. The topological polar surface area (TPSA) is 20.2 Å². The average Bonchev–Trinajstić information content (AvgIpc) is 2.41. The summed E-state index contributed by atoms with van der Waals surface area (Å²) in [6.07, 6.45) is 6.35. The fourth-order valence-electron chi connectivity index (χ4n) is 2.97. The van der Waals surface area contributed by atoms with Crippen LogP contribution in [0.25, 0.3) is 0 Å². The van der Waals surface area contributed by atoms with Crippen LogP contribution >= 0.6 is 0 Å². The monoisotopic (exact) mass is 268 g/mol. The summed E-state index contributed by atoms with van der Waals surface area (Å²) in [5, 5.41) is 9.34. The van der Waals surface area contributed by atoms with Gasteiger partial charge in [-0.25, -0.2) is 4.39 Å². The van der Waals surface area contributed by atoms with E-state index in [-0.39, 0.29) is 0 Å². The Labute approximate surface area is 113 Å². The minimum atomic E-state index is -1.10. The first-order valence-electron chi connectivity index (χ1n) is 7.15. The van der Waals surface area contributed by atoms with Gasteiger partial charge < -0.3 is 5.11 Å². The van der Waals surface area contributed by atoms with Gasteiger partial charge in [0.15, 0.2) is 11.6 Å². The molecule has 1 aromatic carbocycles. The molecule has 1 saturated carbocycles. The Morgan fingerprint density at radius 1 is 1.16 bits per heavy atom. The second-order valence-electron chi connectivity index (χ2n) is 5.99. The molecule has 1 nitrogen and oxygen atoms in total. The van der Waals surface area contributed by atoms with Gasteiger partial charge in [-0.15, -0.1) is 0 Å². The van der Waals surface area contributed by atoms with E-state index in [0.717, 1.165) is 12.3 Å². The number of benzene rings is 1. The van der Waals surface area contributed by atoms with Crippen LogP contribution in [-0.2, 0) is 6.42 Å². The zero-order valence-corrected chi connectivity index (χ0v) is 11.7. The summed E-state index contributed by atoms with van der Waals surface area (Å²) in [7, 11) is 0. The van der Waals surface area contributed by atoms with E-state index in [0.29, 0.717) is 23.5 Å². The normalized spacial score (nSPS) is 23.6. The van der Waals surface area contributed by atoms with Crippen LogP contribution in [0.4, 0.5) is 8.78 Å². The molecule has 0 spiro atoms. The molecule has 0 atom stereocenters. The summed E-state index contributed by atoms with van der Waals surface area (Å²) in [6, 6.07) is 1.57. The molecule has 2 rings (SSSR count). The lowest BCUT2D eigenvalue weighted by atomic mass is 9.80. The zero-order valence-electron chi connectivity index (χ0n) is 11.7. The van der Waals surface area contributed by atoms with E-state index in [9.17, 15) is 13.9 Å². The van der Waals surface area contributed by atoms with Crippen molar-refractivity contribution >= 4 is 0 Å². The average molecular weight is 268 g/mol. The lowest BCUT2D eigenvalue weighted by molar-refractivity contribution is 0.276. The highest BCUT2D eigenvalue weighted by Crippen LogP contribution is 2.32. The maximum Gasteiger partial charge on any atom is 0.200 e. The van der Waals surface area contributed by atoms with Crippen LogP contribution in [0.2, 0.25) is 0 Å². The highest BCUT2D eigenvalue weighted by Gasteiger charge is 2.20. The van der Waals surface area contributed by atoms with Gasteiger partial charge in [0.1, 0.15) is 0 Å². The summed E-state index contributed by atoms with van der Waals surface area (Å²) in [6.45, 7) is 3.87. The van der Waals surface area contributed by atoms with Crippen LogP contribution in [0.3, 0.4) is 0 Å². The van der Waals surface area contributed by atoms with E-state index in [1.165, 1.54) is 25.7 Å². The van der Waals surface area contributed by atoms with E-state index in [4.69, 9.17) is 0 Å². The van der Waals surface area contributed by atoms with Crippen molar-refractivity contribution in [3.63, 3.8) is 0 Å². The van der Waals surface area contributed by atoms with Gasteiger partial charge in [0.25, 0.3) is 0 Å². The summed E-state index contributed by atoms with van der Waals surface area (Å²) in [4.78, 5) is 0. The van der Waals surface area contributed by atoms with Crippen molar-refractivity contribution < 1.29 is 13.9 Å². The molecule has 0 bridgehead atoms. The van der Waals surface area contributed by atoms with Crippen LogP contribution in [0.5, 0.6) is 5.75 Å². The molecular formula is C16H22F2O. The molecule has 0 aromatic heterocycles. The van der Waals surface area contributed by atoms with Crippen molar-refractivity contribution in [3.05, 3.63) is 28.8 Å². The molecule has 1 N–H and O–H groups in total. The quantitative estimate of drug-likeness (QED) is 0.839. The van der Waals surface area contributed by atoms with Crippen LogP contribution in [0.1, 0.15) is 50.2 Å². The van der Waals surface area contributed by atoms with Crippen molar-refractivity contribution in [1.29, 1.82) is 0 Å². The van der Waals surface area contributed by atoms with Gasteiger partial charge in [-0.05, 0) is 48.8 Å². The molecule has 1 aliphatic carbocycles. The first kappa shape index (κ1) is 14.3. The van der Waals surface area contributed by atoms with Crippen molar-refractivity contribution in [2.75, 3.05) is 0 Å². The molecule has 19 heavy (non-hydrogen) atoms. The number of aromatic hydroxyl groups is 1. The third kappa shape index (κ3) is 3.26. The number of phenolic OH excluding ortho intramolecular Hbond substituents is 1. The molecule has 0 amide bonds. The van der Waals surface area contributed by atoms with Crippen LogP contribution < -0.4 is 0 Å². The fraction of sp³-hybridized carbons (Fsp3) is 0.625. The smallest absolute Gasteiger partial charge is 0.200 e. The van der Waals surface area contributed by atoms with Crippen molar-refractivity contribution in [2.24, 2.45) is 11.8 Å². The summed E-state index contributed by atoms with van der Waals surface area (Å²) in [5.41, 5.74) is 0.803. The maximum atomic E-state index is 13.7. The molecule has 0 radical (unpaired) electrons. The Balaban J connectivity index is 2.00. The minimum absolute atomic E-state index is 0.395. The second kappa shape index (κ2) is 5.89. The first-order chi connectivity index (χ1) is 8.99. The van der Waals surface area contributed by atoms with E-state index in [1.807, 2.05) is 0 Å². The van der Waals surface area contributed by atoms with Gasteiger partial charge in [0.05, 0.1) is 0 Å². The van der Waals surface area contributed by atoms with Gasteiger partial charge in [-0.2, -0.15) is 4.39 Å². The number of hydrogen-bond donors (Lipinski definition) is 1. The van der Waals surface area contributed by atoms with Crippen molar-refractivity contribution in [1.82, 2.24) is 0 Å². The van der Waals surface area contributed by atoms with E-state index >= 15 is 0 Å². The Bertz CT molecular complexity index is 449. The molecule has 1 aromatic rings. The highest BCUT2D eigenvalue weighted by atomic mass is 19.2. The van der Waals surface area contributed by atoms with E-state index < -0.39 is 17.4 Å². The lowest BCUT2D eigenvalue weighted by Gasteiger charge is -2.26. The number of hydrogen-bond acceptors (Lipinski definition) is 1. The van der Waals surface area contributed by atoms with Crippen LogP contribution in [0, 0.1) is 30.4 Å². The molecule has 0 heterocycles. The Hall–Kier alpha value is -1.12. The highest BCUT2D eigenvalue weighted by molar-refractivity contribution is 5.37. The van der Waals surface area contributed by atoms with Gasteiger partial charge in [-0.3, -0.25) is 0 Å². The van der Waals surface area contributed by atoms with Crippen LogP contribution in [0.15, 0.2) is 6.07 Å². The Morgan fingerprint density at radius 3 is 2.42 bits per heavy atom. The lowest BCUT2D eigenvalue weighted by Crippen LogP contribution is -2.13. The predicted octanol–water partition coefficient (Wildman–Crippen LogP) is 4.74. The zero-order chi connectivity index (χ0) is 14.0. The second-order valence-corrected chi connectivity index (χ2v) is 5.99. The maximum absolute atomic E-state index is 13.7. The van der Waals surface area contributed by atoms with E-state index in [1.54, 1.807) is 13.0 Å². The standard InChI is InChI=1S/C16H22F2O/c1-10-3-5-12(6-4-10)7-8-13-9-11(2)16(19)15(18)14(13)17/h9-10,12,19H,3-8H2,1-2H3. The number of halogens is 2. The SMILES string of the molecule is Cc1cc(CCC2CCC(C)CC2)c(F)c(F)c1O. The van der Waals surface area contributed by atoms with Gasteiger partial charge in [-0.1, -0.05) is 32.6 Å². The predicted molar refractivity (Wildman–Crippen MR) is 72.2 cm³/mol. The molecule has 0 aliphatic heterocycles. The molecule has 0 saturated heterocycles. The van der Waals surface area contributed by atoms with Crippen LogP contribution in [-0.4, -0.2) is 5.11 Å². The third-order valence-corrected chi connectivity index (χ3v) is 4.40. The number of aryl methyl sites for hydroxylation is 2. The first-order valence-corrected chi connectivity index (χ1v) is 7.15. The third-order valence-electron chi connectivity index (χ3n) is 4.40. The fourth-order valence-corrected chi connectivity index (χ4v) is 2.97. The van der Waals surface area contributed by atoms with E-state index in [2.05, 4.69) is 6.92 Å². The molecule has 3 heteroatoms. The van der Waals surface area contributed by atoms with Crippen molar-refractivity contribution in [2.45, 2.75) is 52.4 Å². The van der Waals surface area contributed by atoms with Gasteiger partial charge in [0, 0.05) is 0 Å².